The molecule has 0 aliphatic heterocycles. The summed E-state index contributed by atoms with van der Waals surface area (Å²) in [5, 5.41) is 15.0. The fourth-order valence-electron chi connectivity index (χ4n) is 2.52. The van der Waals surface area contributed by atoms with Crippen molar-refractivity contribution in [3.05, 3.63) is 50.7 Å². The molecule has 1 aromatic carbocycles. The number of fused-ring (bicyclic) bond motifs is 1. The zero-order valence-corrected chi connectivity index (χ0v) is 15.6. The standard InChI is InChI=1S/C18H14ClNO6S/c1-2-25-13(21)8-20-17(23)14-15(22)11-7-9(19)6-10(12-4-3-5-27-12)16(11)26-18(14)24/h3-7,22H,2,8H2,1H3,(H,20,23). The molecule has 0 aliphatic rings. The molecule has 9 heteroatoms. The molecule has 0 aliphatic carbocycles. The van der Waals surface area contributed by atoms with Gasteiger partial charge in [-0.05, 0) is 30.5 Å². The minimum Gasteiger partial charge on any atom is -0.506 e. The second kappa shape index (κ2) is 7.81. The minimum atomic E-state index is -1.03. The Bertz CT molecular complexity index is 1070. The molecule has 0 radical (unpaired) electrons. The molecule has 3 aromatic rings. The number of aromatic hydroxyl groups is 1. The number of esters is 1. The third kappa shape index (κ3) is 3.81. The van der Waals surface area contributed by atoms with Crippen LogP contribution in [0.3, 0.4) is 0 Å². The largest absolute Gasteiger partial charge is 0.506 e. The van der Waals surface area contributed by atoms with Crippen LogP contribution in [0.1, 0.15) is 17.3 Å². The molecule has 2 heterocycles. The van der Waals surface area contributed by atoms with Gasteiger partial charge in [0.05, 0.1) is 12.0 Å². The smallest absolute Gasteiger partial charge is 0.353 e. The molecule has 3 rings (SSSR count). The van der Waals surface area contributed by atoms with Crippen LogP contribution < -0.4 is 10.9 Å². The molecule has 0 saturated carbocycles. The van der Waals surface area contributed by atoms with Crippen LogP contribution >= 0.6 is 22.9 Å². The molecular formula is C18H14ClNO6S. The number of carbonyl (C=O) groups is 2. The Morgan fingerprint density at radius 3 is 2.81 bits per heavy atom. The zero-order chi connectivity index (χ0) is 19.6. The average molecular weight is 408 g/mol. The molecule has 0 bridgehead atoms. The number of halogens is 1. The number of ether oxygens (including phenoxy) is 1. The monoisotopic (exact) mass is 407 g/mol. The fourth-order valence-corrected chi connectivity index (χ4v) is 3.48. The number of benzene rings is 1. The first-order chi connectivity index (χ1) is 12.9. The van der Waals surface area contributed by atoms with Gasteiger partial charge in [-0.1, -0.05) is 17.7 Å². The number of thiophene rings is 1. The predicted molar refractivity (Wildman–Crippen MR) is 101 cm³/mol. The van der Waals surface area contributed by atoms with Crippen molar-refractivity contribution in [3.8, 4) is 16.2 Å². The number of rotatable bonds is 5. The predicted octanol–water partition coefficient (Wildman–Crippen LogP) is 3.17. The Kier molecular flexibility index (Phi) is 5.48. The van der Waals surface area contributed by atoms with E-state index >= 15 is 0 Å². The lowest BCUT2D eigenvalue weighted by Crippen LogP contribution is -2.33. The lowest BCUT2D eigenvalue weighted by Gasteiger charge is -2.10. The Morgan fingerprint density at radius 2 is 2.15 bits per heavy atom. The lowest BCUT2D eigenvalue weighted by molar-refractivity contribution is -0.141. The molecule has 27 heavy (non-hydrogen) atoms. The van der Waals surface area contributed by atoms with Crippen LogP contribution in [-0.4, -0.2) is 30.1 Å². The SMILES string of the molecule is CCOC(=O)CNC(=O)c1c(O)c2cc(Cl)cc(-c3cccs3)c2oc1=O. The number of amides is 1. The normalized spacial score (nSPS) is 10.7. The van der Waals surface area contributed by atoms with Gasteiger partial charge in [-0.25, -0.2) is 4.79 Å². The van der Waals surface area contributed by atoms with Crippen molar-refractivity contribution in [2.45, 2.75) is 6.92 Å². The molecular weight excluding hydrogens is 394 g/mol. The highest BCUT2D eigenvalue weighted by Crippen LogP contribution is 2.38. The molecule has 7 nitrogen and oxygen atoms in total. The first-order valence-corrected chi connectivity index (χ1v) is 9.15. The van der Waals surface area contributed by atoms with Crippen LogP contribution in [-0.2, 0) is 9.53 Å². The average Bonchev–Trinajstić information content (AvgIpc) is 3.15. The molecule has 2 N–H and O–H groups in total. The van der Waals surface area contributed by atoms with Crippen molar-refractivity contribution in [1.82, 2.24) is 5.32 Å². The Morgan fingerprint density at radius 1 is 1.37 bits per heavy atom. The van der Waals surface area contributed by atoms with E-state index in [0.29, 0.717) is 10.6 Å². The Labute approximate surface area is 162 Å². The van der Waals surface area contributed by atoms with Gasteiger partial charge in [0.25, 0.3) is 5.91 Å². The number of nitrogens with one attached hydrogen (secondary N) is 1. The van der Waals surface area contributed by atoms with Gasteiger partial charge in [-0.3, -0.25) is 9.59 Å². The van der Waals surface area contributed by atoms with Crippen LogP contribution in [0.15, 0.2) is 38.9 Å². The van der Waals surface area contributed by atoms with Gasteiger partial charge >= 0.3 is 11.6 Å². The molecule has 140 valence electrons. The van der Waals surface area contributed by atoms with E-state index in [-0.39, 0.29) is 17.6 Å². The van der Waals surface area contributed by atoms with Crippen LogP contribution in [0.25, 0.3) is 21.4 Å². The summed E-state index contributed by atoms with van der Waals surface area (Å²) in [7, 11) is 0. The summed E-state index contributed by atoms with van der Waals surface area (Å²) >= 11 is 7.54. The topological polar surface area (TPSA) is 106 Å². The lowest BCUT2D eigenvalue weighted by atomic mass is 10.1. The molecule has 1 amide bonds. The molecule has 0 unspecified atom stereocenters. The van der Waals surface area contributed by atoms with E-state index < -0.39 is 35.4 Å². The van der Waals surface area contributed by atoms with Crippen molar-refractivity contribution in [3.63, 3.8) is 0 Å². The molecule has 0 fully saturated rings. The van der Waals surface area contributed by atoms with Crippen molar-refractivity contribution >= 4 is 45.8 Å². The summed E-state index contributed by atoms with van der Waals surface area (Å²) in [6.07, 6.45) is 0. The van der Waals surface area contributed by atoms with Gasteiger partial charge in [0.2, 0.25) is 0 Å². The maximum absolute atomic E-state index is 12.3. The van der Waals surface area contributed by atoms with Crippen LogP contribution in [0.4, 0.5) is 0 Å². The van der Waals surface area contributed by atoms with Crippen molar-refractivity contribution in [1.29, 1.82) is 0 Å². The summed E-state index contributed by atoms with van der Waals surface area (Å²) in [5.74, 6) is -2.18. The van der Waals surface area contributed by atoms with E-state index in [1.165, 1.54) is 17.4 Å². The first-order valence-electron chi connectivity index (χ1n) is 7.89. The summed E-state index contributed by atoms with van der Waals surface area (Å²) in [5.41, 5.74) is -0.989. The van der Waals surface area contributed by atoms with Crippen LogP contribution in [0, 0.1) is 0 Å². The van der Waals surface area contributed by atoms with Crippen molar-refractivity contribution in [2.24, 2.45) is 0 Å². The fraction of sp³-hybridized carbons (Fsp3) is 0.167. The zero-order valence-electron chi connectivity index (χ0n) is 14.1. The van der Waals surface area contributed by atoms with E-state index in [2.05, 4.69) is 5.32 Å². The summed E-state index contributed by atoms with van der Waals surface area (Å²) in [6, 6.07) is 6.64. The maximum Gasteiger partial charge on any atom is 0.353 e. The third-order valence-corrected chi connectivity index (χ3v) is 4.78. The van der Waals surface area contributed by atoms with Crippen LogP contribution in [0.5, 0.6) is 5.75 Å². The number of hydrogen-bond acceptors (Lipinski definition) is 7. The molecule has 0 atom stereocenters. The van der Waals surface area contributed by atoms with E-state index in [0.717, 1.165) is 4.88 Å². The molecule has 2 aromatic heterocycles. The van der Waals surface area contributed by atoms with Gasteiger partial charge in [-0.15, -0.1) is 11.3 Å². The van der Waals surface area contributed by atoms with Gasteiger partial charge in [0.1, 0.15) is 12.3 Å². The highest BCUT2D eigenvalue weighted by Gasteiger charge is 2.23. The van der Waals surface area contributed by atoms with Gasteiger partial charge in [0, 0.05) is 15.5 Å². The second-order valence-electron chi connectivity index (χ2n) is 5.41. The van der Waals surface area contributed by atoms with E-state index in [9.17, 15) is 19.5 Å². The molecule has 0 spiro atoms. The minimum absolute atomic E-state index is 0.117. The van der Waals surface area contributed by atoms with Gasteiger partial charge in [-0.2, -0.15) is 0 Å². The summed E-state index contributed by atoms with van der Waals surface area (Å²) < 4.78 is 10.0. The summed E-state index contributed by atoms with van der Waals surface area (Å²) in [4.78, 5) is 36.8. The number of hydrogen-bond donors (Lipinski definition) is 2. The van der Waals surface area contributed by atoms with Crippen LogP contribution in [0.2, 0.25) is 5.02 Å². The highest BCUT2D eigenvalue weighted by atomic mass is 35.5. The van der Waals surface area contributed by atoms with Crippen molar-refractivity contribution < 1.29 is 23.8 Å². The van der Waals surface area contributed by atoms with E-state index in [1.54, 1.807) is 13.0 Å². The molecule has 0 saturated heterocycles. The third-order valence-electron chi connectivity index (χ3n) is 3.66. The first kappa shape index (κ1) is 18.9. The Hall–Kier alpha value is -2.84. The second-order valence-corrected chi connectivity index (χ2v) is 6.79. The van der Waals surface area contributed by atoms with Gasteiger partial charge < -0.3 is 19.6 Å². The number of carbonyl (C=O) groups excluding carboxylic acids is 2. The van der Waals surface area contributed by atoms with Crippen molar-refractivity contribution in [2.75, 3.05) is 13.2 Å². The summed E-state index contributed by atoms with van der Waals surface area (Å²) in [6.45, 7) is 1.33. The van der Waals surface area contributed by atoms with Gasteiger partial charge in [0.15, 0.2) is 11.1 Å². The maximum atomic E-state index is 12.3. The highest BCUT2D eigenvalue weighted by molar-refractivity contribution is 7.13. The van der Waals surface area contributed by atoms with E-state index in [4.69, 9.17) is 20.8 Å². The Balaban J connectivity index is 2.08. The quantitative estimate of drug-likeness (QED) is 0.497. The van der Waals surface area contributed by atoms with E-state index in [1.807, 2.05) is 17.5 Å².